The summed E-state index contributed by atoms with van der Waals surface area (Å²) in [6.45, 7) is 6.25. The van der Waals surface area contributed by atoms with Crippen LogP contribution in [0.4, 0.5) is 13.6 Å². The van der Waals surface area contributed by atoms with Gasteiger partial charge in [-0.15, -0.1) is 0 Å². The van der Waals surface area contributed by atoms with Crippen LogP contribution in [0.3, 0.4) is 0 Å². The number of ether oxygens (including phenoxy) is 1. The molecule has 2 amide bonds. The van der Waals surface area contributed by atoms with Gasteiger partial charge in [0.05, 0.1) is 19.3 Å². The molecule has 5 nitrogen and oxygen atoms in total. The Morgan fingerprint density at radius 1 is 1.24 bits per heavy atom. The van der Waals surface area contributed by atoms with Crippen LogP contribution in [0.15, 0.2) is 0 Å². The SMILES string of the molecule is CC(=O)[C@H](CC(F)(F)CC(C)C)NC(=O)N1CCOCC1. The van der Waals surface area contributed by atoms with E-state index in [2.05, 4.69) is 5.32 Å². The highest BCUT2D eigenvalue weighted by molar-refractivity contribution is 5.87. The average Bonchev–Trinajstić information content (AvgIpc) is 2.36. The second-order valence-electron chi connectivity index (χ2n) is 5.87. The van der Waals surface area contributed by atoms with E-state index >= 15 is 0 Å². The number of halogens is 2. The van der Waals surface area contributed by atoms with Crippen molar-refractivity contribution >= 4 is 11.8 Å². The fourth-order valence-corrected chi connectivity index (χ4v) is 2.28. The van der Waals surface area contributed by atoms with Crippen molar-refractivity contribution in [3.8, 4) is 0 Å². The first-order valence-electron chi connectivity index (χ1n) is 7.23. The molecule has 0 aliphatic carbocycles. The fraction of sp³-hybridized carbons (Fsp3) is 0.857. The predicted molar refractivity (Wildman–Crippen MR) is 74.4 cm³/mol. The zero-order chi connectivity index (χ0) is 16.0. The third-order valence-corrected chi connectivity index (χ3v) is 3.30. The summed E-state index contributed by atoms with van der Waals surface area (Å²) in [6.07, 6.45) is -0.958. The van der Waals surface area contributed by atoms with Crippen LogP contribution in [0, 0.1) is 5.92 Å². The van der Waals surface area contributed by atoms with E-state index in [0.717, 1.165) is 0 Å². The minimum Gasteiger partial charge on any atom is -0.378 e. The van der Waals surface area contributed by atoms with E-state index in [9.17, 15) is 18.4 Å². The van der Waals surface area contributed by atoms with Crippen LogP contribution in [-0.2, 0) is 9.53 Å². The summed E-state index contributed by atoms with van der Waals surface area (Å²) in [5.41, 5.74) is 0. The van der Waals surface area contributed by atoms with Gasteiger partial charge in [0.25, 0.3) is 5.92 Å². The van der Waals surface area contributed by atoms with Gasteiger partial charge in [-0.3, -0.25) is 4.79 Å². The highest BCUT2D eigenvalue weighted by Gasteiger charge is 2.36. The lowest BCUT2D eigenvalue weighted by Crippen LogP contribution is -2.52. The fourth-order valence-electron chi connectivity index (χ4n) is 2.28. The molecule has 1 aliphatic rings. The molecule has 7 heteroatoms. The van der Waals surface area contributed by atoms with E-state index in [4.69, 9.17) is 4.74 Å². The van der Waals surface area contributed by atoms with Crippen molar-refractivity contribution < 1.29 is 23.1 Å². The smallest absolute Gasteiger partial charge is 0.318 e. The molecule has 21 heavy (non-hydrogen) atoms. The Labute approximate surface area is 124 Å². The lowest BCUT2D eigenvalue weighted by molar-refractivity contribution is -0.122. The summed E-state index contributed by atoms with van der Waals surface area (Å²) in [4.78, 5) is 25.0. The van der Waals surface area contributed by atoms with Crippen LogP contribution in [-0.4, -0.2) is 55.0 Å². The molecule has 1 saturated heterocycles. The van der Waals surface area contributed by atoms with Crippen LogP contribution >= 0.6 is 0 Å². The molecule has 0 spiro atoms. The first-order valence-corrected chi connectivity index (χ1v) is 7.23. The molecule has 0 unspecified atom stereocenters. The number of urea groups is 1. The minimum atomic E-state index is -2.97. The summed E-state index contributed by atoms with van der Waals surface area (Å²) < 4.78 is 32.8. The monoisotopic (exact) mass is 306 g/mol. The largest absolute Gasteiger partial charge is 0.378 e. The number of Topliss-reactive ketones (excluding diaryl/α,β-unsaturated/α-hetero) is 1. The number of hydrogen-bond acceptors (Lipinski definition) is 3. The second-order valence-corrected chi connectivity index (χ2v) is 5.87. The summed E-state index contributed by atoms with van der Waals surface area (Å²) >= 11 is 0. The summed E-state index contributed by atoms with van der Waals surface area (Å²) in [5, 5.41) is 2.42. The quantitative estimate of drug-likeness (QED) is 0.817. The Balaban J connectivity index is 2.60. The van der Waals surface area contributed by atoms with Gasteiger partial charge in [-0.25, -0.2) is 13.6 Å². The normalized spacial score (nSPS) is 17.7. The number of carbonyl (C=O) groups is 2. The molecule has 1 fully saturated rings. The molecule has 0 radical (unpaired) electrons. The number of ketones is 1. The van der Waals surface area contributed by atoms with Gasteiger partial charge in [0, 0.05) is 25.9 Å². The Morgan fingerprint density at radius 2 is 1.81 bits per heavy atom. The lowest BCUT2D eigenvalue weighted by Gasteiger charge is -2.30. The third kappa shape index (κ3) is 6.37. The lowest BCUT2D eigenvalue weighted by atomic mass is 9.97. The van der Waals surface area contributed by atoms with Gasteiger partial charge in [0.1, 0.15) is 0 Å². The van der Waals surface area contributed by atoms with Crippen molar-refractivity contribution in [3.05, 3.63) is 0 Å². The van der Waals surface area contributed by atoms with E-state index in [1.807, 2.05) is 0 Å². The zero-order valence-corrected chi connectivity index (χ0v) is 12.8. The number of morpholine rings is 1. The number of nitrogens with one attached hydrogen (secondary N) is 1. The molecule has 0 aromatic rings. The Bertz CT molecular complexity index is 369. The first kappa shape index (κ1) is 17.8. The van der Waals surface area contributed by atoms with Crippen LogP contribution in [0.2, 0.25) is 0 Å². The zero-order valence-electron chi connectivity index (χ0n) is 12.8. The number of carbonyl (C=O) groups excluding carboxylic acids is 2. The molecular weight excluding hydrogens is 282 g/mol. The van der Waals surface area contributed by atoms with Gasteiger partial charge in [0.2, 0.25) is 0 Å². The summed E-state index contributed by atoms with van der Waals surface area (Å²) in [6, 6.07) is -1.65. The molecular formula is C14H24F2N2O3. The van der Waals surface area contributed by atoms with E-state index in [0.29, 0.717) is 26.3 Å². The van der Waals surface area contributed by atoms with Crippen molar-refractivity contribution in [2.75, 3.05) is 26.3 Å². The number of amides is 2. The van der Waals surface area contributed by atoms with Crippen molar-refractivity contribution in [1.82, 2.24) is 10.2 Å². The molecule has 1 aliphatic heterocycles. The van der Waals surface area contributed by atoms with Crippen molar-refractivity contribution in [1.29, 1.82) is 0 Å². The molecule has 1 atom stereocenters. The van der Waals surface area contributed by atoms with Gasteiger partial charge in [-0.1, -0.05) is 13.8 Å². The Kier molecular flexibility index (Phi) is 6.51. The van der Waals surface area contributed by atoms with E-state index in [1.165, 1.54) is 11.8 Å². The molecule has 1 rings (SSSR count). The molecule has 1 heterocycles. The van der Waals surface area contributed by atoms with Crippen LogP contribution in [0.5, 0.6) is 0 Å². The van der Waals surface area contributed by atoms with E-state index in [-0.39, 0.29) is 12.3 Å². The maximum atomic E-state index is 13.8. The highest BCUT2D eigenvalue weighted by Crippen LogP contribution is 2.28. The highest BCUT2D eigenvalue weighted by atomic mass is 19.3. The molecule has 1 N–H and O–H groups in total. The summed E-state index contributed by atoms with van der Waals surface area (Å²) in [7, 11) is 0. The predicted octanol–water partition coefficient (Wildman–Crippen LogP) is 2.06. The molecule has 0 saturated carbocycles. The molecule has 122 valence electrons. The van der Waals surface area contributed by atoms with Crippen molar-refractivity contribution in [2.45, 2.75) is 45.6 Å². The number of nitrogens with zero attached hydrogens (tertiary/aromatic N) is 1. The van der Waals surface area contributed by atoms with Gasteiger partial charge < -0.3 is 15.0 Å². The molecule has 0 aromatic heterocycles. The standard InChI is InChI=1S/C14H24F2N2O3/c1-10(2)8-14(15,16)9-12(11(3)19)17-13(20)18-4-6-21-7-5-18/h10,12H,4-9H2,1-3H3,(H,17,20)/t12-/m0/s1. The van der Waals surface area contributed by atoms with Gasteiger partial charge in [-0.05, 0) is 12.8 Å². The molecule has 0 aromatic carbocycles. The van der Waals surface area contributed by atoms with Crippen molar-refractivity contribution in [3.63, 3.8) is 0 Å². The number of rotatable bonds is 6. The Morgan fingerprint density at radius 3 is 2.29 bits per heavy atom. The van der Waals surface area contributed by atoms with Gasteiger partial charge >= 0.3 is 6.03 Å². The van der Waals surface area contributed by atoms with Crippen LogP contribution in [0.1, 0.15) is 33.6 Å². The van der Waals surface area contributed by atoms with E-state index in [1.54, 1.807) is 13.8 Å². The summed E-state index contributed by atoms with van der Waals surface area (Å²) in [5.74, 6) is -3.61. The number of hydrogen-bond donors (Lipinski definition) is 1. The van der Waals surface area contributed by atoms with Crippen LogP contribution in [0.25, 0.3) is 0 Å². The van der Waals surface area contributed by atoms with Gasteiger partial charge in [0.15, 0.2) is 5.78 Å². The topological polar surface area (TPSA) is 58.6 Å². The first-order chi connectivity index (χ1) is 9.71. The maximum absolute atomic E-state index is 13.8. The van der Waals surface area contributed by atoms with Gasteiger partial charge in [-0.2, -0.15) is 0 Å². The third-order valence-electron chi connectivity index (χ3n) is 3.30. The minimum absolute atomic E-state index is 0.178. The second kappa shape index (κ2) is 7.68. The Hall–Kier alpha value is -1.24. The van der Waals surface area contributed by atoms with Crippen LogP contribution < -0.4 is 5.32 Å². The molecule has 0 bridgehead atoms. The number of alkyl halides is 2. The van der Waals surface area contributed by atoms with E-state index < -0.39 is 30.2 Å². The maximum Gasteiger partial charge on any atom is 0.318 e. The van der Waals surface area contributed by atoms with Crippen molar-refractivity contribution in [2.24, 2.45) is 5.92 Å². The average molecular weight is 306 g/mol.